The molecule has 3 saturated heterocycles. The number of anilines is 1. The monoisotopic (exact) mass is 552 g/mol. The van der Waals surface area contributed by atoms with Gasteiger partial charge in [0.2, 0.25) is 11.8 Å². The average molecular weight is 553 g/mol. The highest BCUT2D eigenvalue weighted by Crippen LogP contribution is 2.46. The maximum absolute atomic E-state index is 10.8. The number of aliphatic hydroxyl groups is 1. The highest BCUT2D eigenvalue weighted by molar-refractivity contribution is 6.31. The van der Waals surface area contributed by atoms with Gasteiger partial charge >= 0.3 is 0 Å². The van der Waals surface area contributed by atoms with Crippen molar-refractivity contribution in [3.63, 3.8) is 0 Å². The van der Waals surface area contributed by atoms with E-state index in [1.807, 2.05) is 11.5 Å². The van der Waals surface area contributed by atoms with Gasteiger partial charge in [-0.15, -0.1) is 0 Å². The predicted molar refractivity (Wildman–Crippen MR) is 150 cm³/mol. The van der Waals surface area contributed by atoms with Crippen LogP contribution in [0.2, 0.25) is 5.02 Å². The minimum atomic E-state index is -0.789. The zero-order chi connectivity index (χ0) is 26.8. The molecule has 0 spiro atoms. The van der Waals surface area contributed by atoms with E-state index < -0.39 is 5.60 Å². The molecule has 39 heavy (non-hydrogen) atoms. The lowest BCUT2D eigenvalue weighted by Crippen LogP contribution is -2.47. The molecule has 2 aromatic heterocycles. The molecule has 3 aromatic rings. The number of rotatable bonds is 7. The highest BCUT2D eigenvalue weighted by atomic mass is 35.5. The van der Waals surface area contributed by atoms with Crippen LogP contribution in [0.1, 0.15) is 75.3 Å². The number of hydrogen-bond acceptors (Lipinski definition) is 8. The Balaban J connectivity index is 1.27. The second-order valence-corrected chi connectivity index (χ2v) is 12.8. The molecule has 1 aliphatic carbocycles. The van der Waals surface area contributed by atoms with Gasteiger partial charge in [-0.3, -0.25) is 4.90 Å². The lowest BCUT2D eigenvalue weighted by Gasteiger charge is -2.37. The Morgan fingerprint density at radius 1 is 1.08 bits per heavy atom. The van der Waals surface area contributed by atoms with Crippen LogP contribution in [0.4, 0.5) is 5.95 Å². The number of hydrogen-bond donors (Lipinski definition) is 2. The number of phenols is 1. The van der Waals surface area contributed by atoms with Gasteiger partial charge in [0.25, 0.3) is 0 Å². The molecule has 1 aromatic carbocycles. The van der Waals surface area contributed by atoms with Crippen molar-refractivity contribution in [2.24, 2.45) is 0 Å². The summed E-state index contributed by atoms with van der Waals surface area (Å²) < 4.78 is 8.55. The Kier molecular flexibility index (Phi) is 6.17. The van der Waals surface area contributed by atoms with Crippen LogP contribution in [-0.2, 0) is 6.54 Å². The first-order valence-electron chi connectivity index (χ1n) is 14.4. The summed E-state index contributed by atoms with van der Waals surface area (Å²) in [5.74, 6) is 1.66. The van der Waals surface area contributed by atoms with Crippen LogP contribution in [0.3, 0.4) is 0 Å². The lowest BCUT2D eigenvalue weighted by molar-refractivity contribution is 0.0444. The minimum absolute atomic E-state index is 0.0896. The van der Waals surface area contributed by atoms with Gasteiger partial charge in [0.15, 0.2) is 11.2 Å². The molecule has 10 heteroatoms. The summed E-state index contributed by atoms with van der Waals surface area (Å²) in [5.41, 5.74) is 2.72. The summed E-state index contributed by atoms with van der Waals surface area (Å²) >= 11 is 6.59. The van der Waals surface area contributed by atoms with Gasteiger partial charge in [0.05, 0.1) is 24.0 Å². The van der Waals surface area contributed by atoms with Crippen molar-refractivity contribution in [1.82, 2.24) is 24.4 Å². The molecule has 4 fully saturated rings. The predicted octanol–water partition coefficient (Wildman–Crippen LogP) is 4.47. The quantitative estimate of drug-likeness (QED) is 0.443. The molecular formula is C29H37ClN6O3. The molecule has 208 valence electrons. The number of phenolic OH excluding ortho intramolecular Hbond substituents is 1. The van der Waals surface area contributed by atoms with Crippen LogP contribution in [0.5, 0.6) is 11.6 Å². The number of fused-ring (bicyclic) bond motifs is 2. The Morgan fingerprint density at radius 3 is 2.59 bits per heavy atom. The third kappa shape index (κ3) is 4.72. The van der Waals surface area contributed by atoms with Gasteiger partial charge in [-0.05, 0) is 101 Å². The number of β-amino-alcohol motifs (C(OH)–C–C–N with tert-alkyl or cyclic N) is 1. The van der Waals surface area contributed by atoms with E-state index in [2.05, 4.69) is 9.80 Å². The van der Waals surface area contributed by atoms with Gasteiger partial charge in [-0.2, -0.15) is 9.97 Å². The fraction of sp³-hybridized carbons (Fsp3) is 0.621. The zero-order valence-electron chi connectivity index (χ0n) is 22.6. The molecule has 1 unspecified atom stereocenters. The van der Waals surface area contributed by atoms with E-state index in [0.29, 0.717) is 53.6 Å². The van der Waals surface area contributed by atoms with Gasteiger partial charge in [0.1, 0.15) is 12.4 Å². The van der Waals surface area contributed by atoms with E-state index >= 15 is 0 Å². The molecule has 7 rings (SSSR count). The van der Waals surface area contributed by atoms with Crippen LogP contribution in [-0.4, -0.2) is 78.6 Å². The molecule has 9 nitrogen and oxygen atoms in total. The first-order chi connectivity index (χ1) is 18.8. The van der Waals surface area contributed by atoms with Gasteiger partial charge in [-0.1, -0.05) is 11.6 Å². The number of aromatic hydroxyl groups is 1. The zero-order valence-corrected chi connectivity index (χ0v) is 23.3. The van der Waals surface area contributed by atoms with Crippen LogP contribution >= 0.6 is 11.6 Å². The van der Waals surface area contributed by atoms with Crippen LogP contribution in [0.25, 0.3) is 11.2 Å². The molecule has 2 N–H and O–H groups in total. The van der Waals surface area contributed by atoms with E-state index in [-0.39, 0.29) is 11.3 Å². The Labute approximate surface area is 233 Å². The Hall–Kier alpha value is -2.62. The van der Waals surface area contributed by atoms with Crippen molar-refractivity contribution in [3.05, 3.63) is 34.6 Å². The standard InChI is InChI=1S/C29H37ClN6O3/c1-28(38)7-2-10-34(16-28)27-32-25-24(26(33-27)39-17-29-8-3-11-36(29)12-4-9-29)31-18-35(25)15-20-13-21(37)14-22(30)23(20)19-5-6-19/h13-14,18-19,37-38H,2-12,15-17H2,1H3. The second kappa shape index (κ2) is 9.49. The van der Waals surface area contributed by atoms with Crippen LogP contribution in [0, 0.1) is 0 Å². The minimum Gasteiger partial charge on any atom is -0.508 e. The molecule has 4 aliphatic rings. The number of nitrogens with zero attached hydrogens (tertiary/aromatic N) is 6. The normalized spacial score (nSPS) is 24.9. The van der Waals surface area contributed by atoms with E-state index in [9.17, 15) is 10.2 Å². The fourth-order valence-corrected chi connectivity index (χ4v) is 7.51. The lowest BCUT2D eigenvalue weighted by atomic mass is 9.95. The van der Waals surface area contributed by atoms with Crippen molar-refractivity contribution in [3.8, 4) is 11.6 Å². The third-order valence-electron chi connectivity index (χ3n) is 9.19. The molecule has 1 saturated carbocycles. The van der Waals surface area contributed by atoms with E-state index in [1.165, 1.54) is 12.8 Å². The topological polar surface area (TPSA) is 99.8 Å². The number of ether oxygens (including phenoxy) is 1. The molecule has 5 heterocycles. The van der Waals surface area contributed by atoms with Crippen molar-refractivity contribution >= 4 is 28.7 Å². The third-order valence-corrected chi connectivity index (χ3v) is 9.51. The second-order valence-electron chi connectivity index (χ2n) is 12.4. The molecule has 0 amide bonds. The largest absolute Gasteiger partial charge is 0.508 e. The van der Waals surface area contributed by atoms with Crippen molar-refractivity contribution in [1.29, 1.82) is 0 Å². The number of halogens is 1. The fourth-order valence-electron chi connectivity index (χ4n) is 7.12. The molecule has 3 aliphatic heterocycles. The smallest absolute Gasteiger partial charge is 0.247 e. The Morgan fingerprint density at radius 2 is 1.85 bits per heavy atom. The van der Waals surface area contributed by atoms with Gasteiger partial charge in [-0.25, -0.2) is 4.98 Å². The summed E-state index contributed by atoms with van der Waals surface area (Å²) in [7, 11) is 0. The average Bonchev–Trinajstić information content (AvgIpc) is 3.32. The summed E-state index contributed by atoms with van der Waals surface area (Å²) in [4.78, 5) is 19.2. The molecule has 0 radical (unpaired) electrons. The maximum Gasteiger partial charge on any atom is 0.247 e. The number of aromatic nitrogens is 4. The number of benzene rings is 1. The summed E-state index contributed by atoms with van der Waals surface area (Å²) in [5, 5.41) is 21.7. The van der Waals surface area contributed by atoms with Gasteiger partial charge in [0, 0.05) is 18.1 Å². The first-order valence-corrected chi connectivity index (χ1v) is 14.8. The van der Waals surface area contributed by atoms with Crippen LogP contribution in [0.15, 0.2) is 18.5 Å². The molecular weight excluding hydrogens is 516 g/mol. The SMILES string of the molecule is CC1(O)CCCN(c2nc(OCC34CCCN3CCC4)c3ncn(Cc4cc(O)cc(Cl)c4C4CC4)c3n2)C1. The van der Waals surface area contributed by atoms with Gasteiger partial charge < -0.3 is 24.4 Å². The molecule has 1 atom stereocenters. The van der Waals surface area contributed by atoms with Crippen molar-refractivity contribution in [2.45, 2.75) is 81.9 Å². The number of imidazole rings is 1. The Bertz CT molecular complexity index is 1390. The van der Waals surface area contributed by atoms with Crippen LogP contribution < -0.4 is 9.64 Å². The summed E-state index contributed by atoms with van der Waals surface area (Å²) in [6.07, 6.45) is 10.4. The molecule has 0 bridgehead atoms. The van der Waals surface area contributed by atoms with Crippen molar-refractivity contribution < 1.29 is 14.9 Å². The summed E-state index contributed by atoms with van der Waals surface area (Å²) in [6, 6.07) is 3.44. The maximum atomic E-state index is 10.8. The summed E-state index contributed by atoms with van der Waals surface area (Å²) in [6.45, 7) is 6.48. The number of piperidine rings is 1. The van der Waals surface area contributed by atoms with E-state index in [0.717, 1.165) is 69.3 Å². The van der Waals surface area contributed by atoms with E-state index in [4.69, 9.17) is 31.3 Å². The van der Waals surface area contributed by atoms with E-state index in [1.54, 1.807) is 18.5 Å². The van der Waals surface area contributed by atoms with Crippen molar-refractivity contribution in [2.75, 3.05) is 37.7 Å². The first kappa shape index (κ1) is 25.4. The highest BCUT2D eigenvalue weighted by Gasteiger charge is 2.45.